The Balaban J connectivity index is 1.79. The van der Waals surface area contributed by atoms with Crippen LogP contribution in [0.2, 0.25) is 0 Å². The van der Waals surface area contributed by atoms with Gasteiger partial charge in [-0.25, -0.2) is 9.18 Å². The molecular weight excluding hydrogens is 251 g/mol. The number of nitrogens with two attached hydrogens (primary N) is 1. The quantitative estimate of drug-likeness (QED) is 0.617. The molecule has 1 saturated carbocycles. The van der Waals surface area contributed by atoms with Crippen molar-refractivity contribution in [3.63, 3.8) is 0 Å². The van der Waals surface area contributed by atoms with Crippen molar-refractivity contribution in [3.8, 4) is 0 Å². The van der Waals surface area contributed by atoms with Crippen molar-refractivity contribution >= 4 is 17.6 Å². The highest BCUT2D eigenvalue weighted by Gasteiger charge is 2.21. The van der Waals surface area contributed by atoms with E-state index in [2.05, 4.69) is 5.32 Å². The number of rotatable bonds is 5. The number of hydrogen-bond acceptors (Lipinski definition) is 4. The van der Waals surface area contributed by atoms with Gasteiger partial charge in [-0.1, -0.05) is 0 Å². The molecule has 0 atom stereocenters. The van der Waals surface area contributed by atoms with Crippen molar-refractivity contribution in [1.82, 2.24) is 5.32 Å². The first kappa shape index (κ1) is 13.3. The smallest absolute Gasteiger partial charge is 0.338 e. The number of anilines is 1. The van der Waals surface area contributed by atoms with Gasteiger partial charge in [0, 0.05) is 6.54 Å². The summed E-state index contributed by atoms with van der Waals surface area (Å²) < 4.78 is 17.9. The van der Waals surface area contributed by atoms with Gasteiger partial charge in [0.2, 0.25) is 0 Å². The van der Waals surface area contributed by atoms with Crippen LogP contribution in [-0.4, -0.2) is 25.0 Å². The zero-order valence-electron chi connectivity index (χ0n) is 10.3. The van der Waals surface area contributed by atoms with E-state index in [1.54, 1.807) is 0 Å². The number of ether oxygens (including phenoxy) is 1. The molecule has 1 aromatic carbocycles. The Labute approximate surface area is 109 Å². The molecule has 0 saturated heterocycles. The Hall–Kier alpha value is -2.11. The molecule has 0 heterocycles. The third kappa shape index (κ3) is 3.94. The van der Waals surface area contributed by atoms with Gasteiger partial charge in [0.05, 0.1) is 11.3 Å². The van der Waals surface area contributed by atoms with Crippen molar-refractivity contribution in [2.75, 3.05) is 18.9 Å². The molecule has 2 rings (SSSR count). The zero-order valence-corrected chi connectivity index (χ0v) is 10.3. The van der Waals surface area contributed by atoms with Gasteiger partial charge in [-0.3, -0.25) is 4.79 Å². The first-order valence-corrected chi connectivity index (χ1v) is 6.05. The van der Waals surface area contributed by atoms with E-state index < -0.39 is 11.8 Å². The second-order valence-electron chi connectivity index (χ2n) is 4.56. The molecule has 3 N–H and O–H groups in total. The SMILES string of the molecule is Nc1ccc(C(=O)OCC(=O)NCC2CC2)cc1F. The number of carbonyl (C=O) groups excluding carboxylic acids is 2. The summed E-state index contributed by atoms with van der Waals surface area (Å²) in [6.07, 6.45) is 2.26. The molecule has 0 radical (unpaired) electrons. The molecule has 0 aromatic heterocycles. The van der Waals surface area contributed by atoms with Crippen molar-refractivity contribution in [2.45, 2.75) is 12.8 Å². The Bertz CT molecular complexity index is 501. The molecule has 1 aliphatic rings. The fourth-order valence-electron chi connectivity index (χ4n) is 1.50. The van der Waals surface area contributed by atoms with Gasteiger partial charge in [-0.15, -0.1) is 0 Å². The van der Waals surface area contributed by atoms with Crippen LogP contribution in [0, 0.1) is 11.7 Å². The highest BCUT2D eigenvalue weighted by molar-refractivity contribution is 5.91. The first-order chi connectivity index (χ1) is 9.06. The van der Waals surface area contributed by atoms with E-state index in [0.717, 1.165) is 18.9 Å². The van der Waals surface area contributed by atoms with Gasteiger partial charge < -0.3 is 15.8 Å². The molecular formula is C13H15FN2O3. The minimum absolute atomic E-state index is 0.0293. The summed E-state index contributed by atoms with van der Waals surface area (Å²) in [6.45, 7) is 0.254. The minimum Gasteiger partial charge on any atom is -0.452 e. The lowest BCUT2D eigenvalue weighted by Crippen LogP contribution is -2.30. The Morgan fingerprint density at radius 1 is 1.42 bits per heavy atom. The van der Waals surface area contributed by atoms with Crippen molar-refractivity contribution in [1.29, 1.82) is 0 Å². The normalized spacial score (nSPS) is 13.9. The fourth-order valence-corrected chi connectivity index (χ4v) is 1.50. The van der Waals surface area contributed by atoms with E-state index in [9.17, 15) is 14.0 Å². The van der Waals surface area contributed by atoms with E-state index in [1.165, 1.54) is 12.1 Å². The summed E-state index contributed by atoms with van der Waals surface area (Å²) >= 11 is 0. The van der Waals surface area contributed by atoms with Crippen LogP contribution in [0.15, 0.2) is 18.2 Å². The molecule has 0 aliphatic heterocycles. The largest absolute Gasteiger partial charge is 0.452 e. The number of benzene rings is 1. The maximum atomic E-state index is 13.1. The van der Waals surface area contributed by atoms with E-state index in [4.69, 9.17) is 10.5 Å². The molecule has 0 unspecified atom stereocenters. The number of nitrogens with one attached hydrogen (secondary N) is 1. The molecule has 1 fully saturated rings. The average molecular weight is 266 g/mol. The second kappa shape index (κ2) is 5.69. The van der Waals surface area contributed by atoms with Crippen LogP contribution >= 0.6 is 0 Å². The topological polar surface area (TPSA) is 81.4 Å². The van der Waals surface area contributed by atoms with Crippen molar-refractivity contribution in [3.05, 3.63) is 29.6 Å². The maximum Gasteiger partial charge on any atom is 0.338 e. The lowest BCUT2D eigenvalue weighted by Gasteiger charge is -2.06. The van der Waals surface area contributed by atoms with Crippen LogP contribution in [0.5, 0.6) is 0 Å². The predicted molar refractivity (Wildman–Crippen MR) is 66.8 cm³/mol. The van der Waals surface area contributed by atoms with E-state index in [1.807, 2.05) is 0 Å². The molecule has 6 heteroatoms. The summed E-state index contributed by atoms with van der Waals surface area (Å²) in [5.41, 5.74) is 5.28. The standard InChI is InChI=1S/C13H15FN2O3/c14-10-5-9(3-4-11(10)15)13(18)19-7-12(17)16-6-8-1-2-8/h3-5,8H,1-2,6-7,15H2,(H,16,17). The Morgan fingerprint density at radius 2 is 2.16 bits per heavy atom. The number of esters is 1. The Morgan fingerprint density at radius 3 is 2.79 bits per heavy atom. The summed E-state index contributed by atoms with van der Waals surface area (Å²) in [5.74, 6) is -1.23. The molecule has 1 amide bonds. The molecule has 0 spiro atoms. The van der Waals surface area contributed by atoms with Gasteiger partial charge in [0.1, 0.15) is 5.82 Å². The second-order valence-corrected chi connectivity index (χ2v) is 4.56. The van der Waals surface area contributed by atoms with E-state index in [-0.39, 0.29) is 23.8 Å². The summed E-state index contributed by atoms with van der Waals surface area (Å²) in [4.78, 5) is 22.9. The highest BCUT2D eigenvalue weighted by Crippen LogP contribution is 2.27. The molecule has 102 valence electrons. The monoisotopic (exact) mass is 266 g/mol. The van der Waals surface area contributed by atoms with Gasteiger partial charge in [-0.2, -0.15) is 0 Å². The molecule has 19 heavy (non-hydrogen) atoms. The van der Waals surface area contributed by atoms with Gasteiger partial charge in [-0.05, 0) is 37.0 Å². The number of halogens is 1. The number of nitrogen functional groups attached to an aromatic ring is 1. The minimum atomic E-state index is -0.750. The van der Waals surface area contributed by atoms with Crippen LogP contribution in [0.4, 0.5) is 10.1 Å². The molecule has 1 aromatic rings. The van der Waals surface area contributed by atoms with Crippen LogP contribution < -0.4 is 11.1 Å². The van der Waals surface area contributed by atoms with Crippen LogP contribution in [-0.2, 0) is 9.53 Å². The summed E-state index contributed by atoms with van der Waals surface area (Å²) in [5, 5.41) is 2.66. The molecule has 1 aliphatic carbocycles. The predicted octanol–water partition coefficient (Wildman–Crippen LogP) is 1.09. The fraction of sp³-hybridized carbons (Fsp3) is 0.385. The lowest BCUT2D eigenvalue weighted by molar-refractivity contribution is -0.124. The number of amides is 1. The van der Waals surface area contributed by atoms with E-state index in [0.29, 0.717) is 12.5 Å². The van der Waals surface area contributed by atoms with Crippen LogP contribution in [0.3, 0.4) is 0 Å². The van der Waals surface area contributed by atoms with Gasteiger partial charge in [0.15, 0.2) is 6.61 Å². The first-order valence-electron chi connectivity index (χ1n) is 6.05. The number of hydrogen-bond donors (Lipinski definition) is 2. The third-order valence-corrected chi connectivity index (χ3v) is 2.86. The van der Waals surface area contributed by atoms with E-state index >= 15 is 0 Å². The maximum absolute atomic E-state index is 13.1. The number of carbonyl (C=O) groups is 2. The van der Waals surface area contributed by atoms with Crippen LogP contribution in [0.25, 0.3) is 0 Å². The summed E-state index contributed by atoms with van der Waals surface area (Å²) in [6, 6.07) is 3.61. The van der Waals surface area contributed by atoms with Gasteiger partial charge in [0.25, 0.3) is 5.91 Å². The summed E-state index contributed by atoms with van der Waals surface area (Å²) in [7, 11) is 0. The molecule has 0 bridgehead atoms. The Kier molecular flexibility index (Phi) is 3.99. The van der Waals surface area contributed by atoms with Crippen molar-refractivity contribution < 1.29 is 18.7 Å². The average Bonchev–Trinajstić information content (AvgIpc) is 3.20. The van der Waals surface area contributed by atoms with Crippen molar-refractivity contribution in [2.24, 2.45) is 5.92 Å². The van der Waals surface area contributed by atoms with Crippen LogP contribution in [0.1, 0.15) is 23.2 Å². The lowest BCUT2D eigenvalue weighted by atomic mass is 10.2. The third-order valence-electron chi connectivity index (χ3n) is 2.86. The zero-order chi connectivity index (χ0) is 13.8. The van der Waals surface area contributed by atoms with Gasteiger partial charge >= 0.3 is 5.97 Å². The molecule has 5 nitrogen and oxygen atoms in total. The highest BCUT2D eigenvalue weighted by atomic mass is 19.1.